The number of fused-ring (bicyclic) bond motifs is 1. The summed E-state index contributed by atoms with van der Waals surface area (Å²) in [6.45, 7) is 4.40. The zero-order valence-corrected chi connectivity index (χ0v) is 19.1. The molecule has 0 unspecified atom stereocenters. The molecular formula is C25H29ClN4O2. The molecule has 2 aromatic carbocycles. The first kappa shape index (κ1) is 21.3. The van der Waals surface area contributed by atoms with Crippen molar-refractivity contribution in [3.8, 4) is 5.75 Å². The molecule has 0 radical (unpaired) electrons. The Bertz CT molecular complexity index is 1140. The average molecular weight is 453 g/mol. The maximum absolute atomic E-state index is 12.7. The van der Waals surface area contributed by atoms with Gasteiger partial charge in [0.25, 0.3) is 5.91 Å². The number of aromatic nitrogens is 2. The zero-order valence-electron chi connectivity index (χ0n) is 18.3. The highest BCUT2D eigenvalue weighted by molar-refractivity contribution is 6.31. The van der Waals surface area contributed by atoms with Crippen LogP contribution in [0.4, 0.5) is 0 Å². The van der Waals surface area contributed by atoms with Crippen LogP contribution >= 0.6 is 11.6 Å². The van der Waals surface area contributed by atoms with E-state index in [1.54, 1.807) is 12.1 Å². The molecule has 5 rings (SSSR count). The van der Waals surface area contributed by atoms with Gasteiger partial charge in [-0.25, -0.2) is 4.98 Å². The first-order valence-corrected chi connectivity index (χ1v) is 11.8. The van der Waals surface area contributed by atoms with Gasteiger partial charge in [0.15, 0.2) is 0 Å². The van der Waals surface area contributed by atoms with E-state index in [4.69, 9.17) is 11.6 Å². The largest absolute Gasteiger partial charge is 0.507 e. The highest BCUT2D eigenvalue weighted by Crippen LogP contribution is 2.44. The lowest BCUT2D eigenvalue weighted by atomic mass is 9.67. The van der Waals surface area contributed by atoms with Crippen LogP contribution in [-0.2, 0) is 6.42 Å². The Kier molecular flexibility index (Phi) is 5.59. The molecule has 6 nitrogen and oxygen atoms in total. The first-order chi connectivity index (χ1) is 15.4. The van der Waals surface area contributed by atoms with Crippen LogP contribution in [0.1, 0.15) is 47.4 Å². The van der Waals surface area contributed by atoms with Gasteiger partial charge in [-0.1, -0.05) is 17.7 Å². The Morgan fingerprint density at radius 3 is 2.78 bits per heavy atom. The Hall–Kier alpha value is -2.57. The number of phenols is 1. The van der Waals surface area contributed by atoms with E-state index < -0.39 is 0 Å². The number of amides is 1. The Morgan fingerprint density at radius 2 is 2.03 bits per heavy atom. The van der Waals surface area contributed by atoms with Gasteiger partial charge in [-0.3, -0.25) is 4.79 Å². The Balaban J connectivity index is 1.07. The summed E-state index contributed by atoms with van der Waals surface area (Å²) in [5.41, 5.74) is 3.55. The number of nitrogens with one attached hydrogen (secondary N) is 2. The van der Waals surface area contributed by atoms with Crippen LogP contribution in [0.3, 0.4) is 0 Å². The molecule has 2 fully saturated rings. The molecule has 0 bridgehead atoms. The molecule has 1 aliphatic carbocycles. The van der Waals surface area contributed by atoms with Crippen molar-refractivity contribution in [3.63, 3.8) is 0 Å². The molecular weight excluding hydrogens is 424 g/mol. The number of aromatic amines is 1. The number of carbonyl (C=O) groups is 1. The SMILES string of the molecule is Cc1ccc(C(=O)N2CC3(CCC(NCCc4nc5ccc(Cl)cc5[nH]4)CC3)C2)c(O)c1. The molecule has 3 N–H and O–H groups in total. The highest BCUT2D eigenvalue weighted by atomic mass is 35.5. The predicted octanol–water partition coefficient (Wildman–Crippen LogP) is 4.45. The molecule has 1 saturated carbocycles. The molecule has 168 valence electrons. The van der Waals surface area contributed by atoms with Gasteiger partial charge in [-0.2, -0.15) is 0 Å². The molecule has 1 aromatic heterocycles. The third-order valence-electron chi connectivity index (χ3n) is 7.06. The summed E-state index contributed by atoms with van der Waals surface area (Å²) in [5.74, 6) is 1.01. The van der Waals surface area contributed by atoms with Gasteiger partial charge in [0.05, 0.1) is 16.6 Å². The summed E-state index contributed by atoms with van der Waals surface area (Å²) in [5, 5.41) is 14.5. The molecule has 1 amide bonds. The van der Waals surface area contributed by atoms with E-state index in [-0.39, 0.29) is 17.1 Å². The smallest absolute Gasteiger partial charge is 0.257 e. The van der Waals surface area contributed by atoms with Crippen molar-refractivity contribution in [3.05, 3.63) is 58.4 Å². The van der Waals surface area contributed by atoms with Gasteiger partial charge in [-0.05, 0) is 68.5 Å². The molecule has 2 heterocycles. The summed E-state index contributed by atoms with van der Waals surface area (Å²) in [7, 11) is 0. The number of halogens is 1. The minimum Gasteiger partial charge on any atom is -0.507 e. The van der Waals surface area contributed by atoms with E-state index in [0.29, 0.717) is 16.6 Å². The van der Waals surface area contributed by atoms with E-state index in [9.17, 15) is 9.90 Å². The minimum absolute atomic E-state index is 0.0551. The normalized spacial score (nSPS) is 18.2. The fourth-order valence-electron chi connectivity index (χ4n) is 5.20. The number of H-pyrrole nitrogens is 1. The number of hydrogen-bond donors (Lipinski definition) is 3. The number of benzene rings is 2. The predicted molar refractivity (Wildman–Crippen MR) is 126 cm³/mol. The van der Waals surface area contributed by atoms with Crippen molar-refractivity contribution in [1.82, 2.24) is 20.2 Å². The number of hydrogen-bond acceptors (Lipinski definition) is 4. The van der Waals surface area contributed by atoms with Crippen LogP contribution in [0.2, 0.25) is 5.02 Å². The van der Waals surface area contributed by atoms with E-state index in [2.05, 4.69) is 15.3 Å². The highest BCUT2D eigenvalue weighted by Gasteiger charge is 2.47. The lowest BCUT2D eigenvalue weighted by Crippen LogP contribution is -2.60. The van der Waals surface area contributed by atoms with E-state index in [1.807, 2.05) is 36.1 Å². The van der Waals surface area contributed by atoms with Crippen LogP contribution in [-0.4, -0.2) is 51.6 Å². The van der Waals surface area contributed by atoms with Crippen molar-refractivity contribution >= 4 is 28.5 Å². The van der Waals surface area contributed by atoms with Crippen LogP contribution in [0, 0.1) is 12.3 Å². The van der Waals surface area contributed by atoms with Gasteiger partial charge in [0.1, 0.15) is 11.6 Å². The second-order valence-electron chi connectivity index (χ2n) is 9.51. The van der Waals surface area contributed by atoms with Crippen LogP contribution in [0.25, 0.3) is 11.0 Å². The van der Waals surface area contributed by atoms with E-state index in [0.717, 1.165) is 74.2 Å². The molecule has 7 heteroatoms. The average Bonchev–Trinajstić information content (AvgIpc) is 3.14. The van der Waals surface area contributed by atoms with Crippen molar-refractivity contribution in [2.75, 3.05) is 19.6 Å². The summed E-state index contributed by atoms with van der Waals surface area (Å²) in [6, 6.07) is 11.5. The number of rotatable bonds is 5. The summed E-state index contributed by atoms with van der Waals surface area (Å²) in [6.07, 6.45) is 5.40. The second-order valence-corrected chi connectivity index (χ2v) is 9.94. The number of aryl methyl sites for hydroxylation is 1. The van der Waals surface area contributed by atoms with Crippen molar-refractivity contribution in [2.45, 2.75) is 45.1 Å². The van der Waals surface area contributed by atoms with Gasteiger partial charge < -0.3 is 20.3 Å². The van der Waals surface area contributed by atoms with Gasteiger partial charge in [0, 0.05) is 42.5 Å². The number of aromatic hydroxyl groups is 1. The maximum Gasteiger partial charge on any atom is 0.257 e. The molecule has 32 heavy (non-hydrogen) atoms. The molecule has 2 aliphatic rings. The molecule has 1 spiro atoms. The molecule has 0 atom stereocenters. The molecule has 1 aliphatic heterocycles. The van der Waals surface area contributed by atoms with Crippen LogP contribution < -0.4 is 5.32 Å². The summed E-state index contributed by atoms with van der Waals surface area (Å²) < 4.78 is 0. The fraction of sp³-hybridized carbons (Fsp3) is 0.440. The van der Waals surface area contributed by atoms with Gasteiger partial charge in [-0.15, -0.1) is 0 Å². The van der Waals surface area contributed by atoms with Crippen molar-refractivity contribution < 1.29 is 9.90 Å². The summed E-state index contributed by atoms with van der Waals surface area (Å²) in [4.78, 5) is 22.6. The number of likely N-dealkylation sites (tertiary alicyclic amines) is 1. The standard InChI is InChI=1S/C25H29ClN4O2/c1-16-2-4-19(22(31)12-16)24(32)30-14-25(15-30)9-6-18(7-10-25)27-11-8-23-28-20-5-3-17(26)13-21(20)29-23/h2-5,12-13,18,27,31H,6-11,14-15H2,1H3,(H,28,29). The fourth-order valence-corrected chi connectivity index (χ4v) is 5.37. The van der Waals surface area contributed by atoms with Crippen molar-refractivity contribution in [2.24, 2.45) is 5.41 Å². The number of phenolic OH excluding ortho intramolecular Hbond substituents is 1. The van der Waals surface area contributed by atoms with Gasteiger partial charge >= 0.3 is 0 Å². The lowest BCUT2D eigenvalue weighted by molar-refractivity contribution is -0.0203. The Labute approximate surface area is 193 Å². The molecule has 1 saturated heterocycles. The van der Waals surface area contributed by atoms with Crippen molar-refractivity contribution in [1.29, 1.82) is 0 Å². The number of nitrogens with zero attached hydrogens (tertiary/aromatic N) is 2. The van der Waals surface area contributed by atoms with Gasteiger partial charge in [0.2, 0.25) is 0 Å². The summed E-state index contributed by atoms with van der Waals surface area (Å²) >= 11 is 6.05. The zero-order chi connectivity index (χ0) is 22.3. The van der Waals surface area contributed by atoms with Crippen LogP contribution in [0.5, 0.6) is 5.75 Å². The number of imidazole rings is 1. The lowest BCUT2D eigenvalue weighted by Gasteiger charge is -2.53. The van der Waals surface area contributed by atoms with E-state index in [1.165, 1.54) is 0 Å². The number of carbonyl (C=O) groups excluding carboxylic acids is 1. The van der Waals surface area contributed by atoms with E-state index >= 15 is 0 Å². The maximum atomic E-state index is 12.7. The first-order valence-electron chi connectivity index (χ1n) is 11.4. The second kappa shape index (κ2) is 8.41. The monoisotopic (exact) mass is 452 g/mol. The molecule has 3 aromatic rings. The van der Waals surface area contributed by atoms with Crippen LogP contribution in [0.15, 0.2) is 36.4 Å². The minimum atomic E-state index is -0.0551. The third-order valence-corrected chi connectivity index (χ3v) is 7.29. The topological polar surface area (TPSA) is 81.2 Å². The third kappa shape index (κ3) is 4.21. The Morgan fingerprint density at radius 1 is 1.25 bits per heavy atom. The quantitative estimate of drug-likeness (QED) is 0.534.